The molecule has 1 fully saturated rings. The van der Waals surface area contributed by atoms with Crippen molar-refractivity contribution >= 4 is 5.91 Å². The number of para-hydroxylation sites is 1. The predicted molar refractivity (Wildman–Crippen MR) is 102 cm³/mol. The van der Waals surface area contributed by atoms with Gasteiger partial charge in [-0.1, -0.05) is 37.2 Å². The van der Waals surface area contributed by atoms with E-state index in [1.54, 1.807) is 6.07 Å². The maximum Gasteiger partial charge on any atom is 0.293 e. The molecule has 0 radical (unpaired) electrons. The summed E-state index contributed by atoms with van der Waals surface area (Å²) < 4.78 is 7.17. The fourth-order valence-electron chi connectivity index (χ4n) is 3.18. The third-order valence-corrected chi connectivity index (χ3v) is 4.65. The monoisotopic (exact) mass is 364 g/mol. The average molecular weight is 364 g/mol. The van der Waals surface area contributed by atoms with Gasteiger partial charge in [-0.25, -0.2) is 4.68 Å². The van der Waals surface area contributed by atoms with Gasteiger partial charge in [0.05, 0.1) is 17.6 Å². The Morgan fingerprint density at radius 3 is 2.78 bits per heavy atom. The molecule has 6 heteroatoms. The molecule has 0 spiro atoms. The van der Waals surface area contributed by atoms with Crippen LogP contribution in [0.3, 0.4) is 0 Å². The van der Waals surface area contributed by atoms with Crippen molar-refractivity contribution in [1.82, 2.24) is 19.8 Å². The number of aromatic nitrogens is 3. The Morgan fingerprint density at radius 1 is 1.30 bits per heavy atom. The van der Waals surface area contributed by atoms with Crippen LogP contribution in [0.1, 0.15) is 48.5 Å². The van der Waals surface area contributed by atoms with Gasteiger partial charge in [0, 0.05) is 30.4 Å². The molecular weight excluding hydrogens is 340 g/mol. The molecule has 1 saturated carbocycles. The van der Waals surface area contributed by atoms with Crippen LogP contribution in [0.25, 0.3) is 5.69 Å². The van der Waals surface area contributed by atoms with Crippen molar-refractivity contribution in [2.24, 2.45) is 5.92 Å². The van der Waals surface area contributed by atoms with Crippen LogP contribution in [0.5, 0.6) is 0 Å². The first-order valence-electron chi connectivity index (χ1n) is 9.45. The van der Waals surface area contributed by atoms with Gasteiger partial charge < -0.3 is 9.42 Å². The van der Waals surface area contributed by atoms with E-state index in [4.69, 9.17) is 4.52 Å². The number of carbonyl (C=O) groups excluding carboxylic acids is 1. The van der Waals surface area contributed by atoms with Gasteiger partial charge in [0.1, 0.15) is 0 Å². The van der Waals surface area contributed by atoms with E-state index in [1.165, 1.54) is 0 Å². The summed E-state index contributed by atoms with van der Waals surface area (Å²) in [7, 11) is 0. The highest BCUT2D eigenvalue weighted by atomic mass is 16.5. The van der Waals surface area contributed by atoms with Gasteiger partial charge in [-0.3, -0.25) is 4.79 Å². The molecule has 27 heavy (non-hydrogen) atoms. The van der Waals surface area contributed by atoms with Gasteiger partial charge in [-0.15, -0.1) is 0 Å². The number of hydrogen-bond donors (Lipinski definition) is 0. The summed E-state index contributed by atoms with van der Waals surface area (Å²) in [5.74, 6) is 0.710. The Kier molecular flexibility index (Phi) is 4.79. The van der Waals surface area contributed by atoms with E-state index in [2.05, 4.69) is 24.1 Å². The molecule has 140 valence electrons. The molecule has 1 amide bonds. The van der Waals surface area contributed by atoms with E-state index < -0.39 is 0 Å². The van der Waals surface area contributed by atoms with Gasteiger partial charge in [-0.05, 0) is 37.3 Å². The molecule has 0 N–H and O–H groups in total. The van der Waals surface area contributed by atoms with Crippen LogP contribution >= 0.6 is 0 Å². The first-order valence-corrected chi connectivity index (χ1v) is 9.45. The van der Waals surface area contributed by atoms with Crippen LogP contribution in [0.2, 0.25) is 0 Å². The van der Waals surface area contributed by atoms with Crippen molar-refractivity contribution in [3.63, 3.8) is 0 Å². The Bertz CT molecular complexity index is 909. The minimum atomic E-state index is -0.0903. The van der Waals surface area contributed by atoms with E-state index in [-0.39, 0.29) is 11.9 Å². The molecular formula is C21H24N4O2. The van der Waals surface area contributed by atoms with Crippen molar-refractivity contribution in [2.45, 2.75) is 45.7 Å². The zero-order valence-corrected chi connectivity index (χ0v) is 15.7. The number of amides is 1. The fourth-order valence-corrected chi connectivity index (χ4v) is 3.18. The third kappa shape index (κ3) is 4.10. The molecule has 0 aliphatic heterocycles. The normalized spacial score (nSPS) is 13.9. The van der Waals surface area contributed by atoms with Gasteiger partial charge in [0.2, 0.25) is 5.76 Å². The van der Waals surface area contributed by atoms with Crippen LogP contribution in [-0.4, -0.2) is 31.8 Å². The van der Waals surface area contributed by atoms with Crippen molar-refractivity contribution in [3.8, 4) is 5.69 Å². The molecule has 1 aliphatic rings. The lowest BCUT2D eigenvalue weighted by Gasteiger charge is -2.20. The molecule has 0 atom stereocenters. The van der Waals surface area contributed by atoms with Crippen LogP contribution in [0.15, 0.2) is 53.3 Å². The van der Waals surface area contributed by atoms with E-state index in [1.807, 2.05) is 52.3 Å². The van der Waals surface area contributed by atoms with Crippen molar-refractivity contribution in [1.29, 1.82) is 0 Å². The Hall–Kier alpha value is -2.89. The van der Waals surface area contributed by atoms with Crippen molar-refractivity contribution < 1.29 is 9.32 Å². The summed E-state index contributed by atoms with van der Waals surface area (Å²) in [5.41, 5.74) is 2.84. The van der Waals surface area contributed by atoms with Gasteiger partial charge >= 0.3 is 0 Å². The molecule has 1 aromatic carbocycles. The highest BCUT2D eigenvalue weighted by molar-refractivity contribution is 5.91. The minimum Gasteiger partial charge on any atom is -0.351 e. The smallest absolute Gasteiger partial charge is 0.293 e. The topological polar surface area (TPSA) is 64.2 Å². The maximum atomic E-state index is 13.0. The first-order chi connectivity index (χ1) is 13.1. The molecule has 2 aromatic heterocycles. The Labute approximate surface area is 158 Å². The molecule has 0 unspecified atom stereocenters. The van der Waals surface area contributed by atoms with Crippen molar-refractivity contribution in [2.75, 3.05) is 0 Å². The predicted octanol–water partition coefficient (Wildman–Crippen LogP) is 3.86. The van der Waals surface area contributed by atoms with Gasteiger partial charge in [0.25, 0.3) is 5.91 Å². The zero-order chi connectivity index (χ0) is 18.8. The van der Waals surface area contributed by atoms with E-state index in [9.17, 15) is 4.79 Å². The highest BCUT2D eigenvalue weighted by Gasteiger charge is 2.35. The molecule has 3 aromatic rings. The lowest BCUT2D eigenvalue weighted by Crippen LogP contribution is -2.32. The van der Waals surface area contributed by atoms with Crippen molar-refractivity contribution in [3.05, 3.63) is 65.8 Å². The Morgan fingerprint density at radius 2 is 2.07 bits per heavy atom. The lowest BCUT2D eigenvalue weighted by molar-refractivity contribution is 0.0687. The second kappa shape index (κ2) is 7.39. The average Bonchev–Trinajstić information content (AvgIpc) is 3.21. The van der Waals surface area contributed by atoms with Crippen LogP contribution in [0, 0.1) is 5.92 Å². The van der Waals surface area contributed by atoms with E-state index in [0.29, 0.717) is 18.2 Å². The summed E-state index contributed by atoms with van der Waals surface area (Å²) in [5, 5.41) is 8.48. The number of hydrogen-bond acceptors (Lipinski definition) is 4. The molecule has 2 heterocycles. The van der Waals surface area contributed by atoms with Crippen LogP contribution in [0.4, 0.5) is 0 Å². The zero-order valence-electron chi connectivity index (χ0n) is 15.7. The highest BCUT2D eigenvalue weighted by Crippen LogP contribution is 2.30. The summed E-state index contributed by atoms with van der Waals surface area (Å²) in [6, 6.07) is 12.0. The fraction of sp³-hybridized carbons (Fsp3) is 0.381. The summed E-state index contributed by atoms with van der Waals surface area (Å²) in [4.78, 5) is 14.9. The third-order valence-electron chi connectivity index (χ3n) is 4.65. The summed E-state index contributed by atoms with van der Waals surface area (Å²) in [6.07, 6.45) is 6.67. The van der Waals surface area contributed by atoms with Crippen LogP contribution in [-0.2, 0) is 13.0 Å². The first kappa shape index (κ1) is 17.5. The van der Waals surface area contributed by atoms with Crippen LogP contribution < -0.4 is 0 Å². The molecule has 1 aliphatic carbocycles. The summed E-state index contributed by atoms with van der Waals surface area (Å²) in [6.45, 7) is 4.77. The number of carbonyl (C=O) groups is 1. The SMILES string of the molecule is CC(C)Cc1cc(C(=O)N(Cc2cnn(-c3ccccc3)c2)C2CC2)on1. The van der Waals surface area contributed by atoms with E-state index >= 15 is 0 Å². The minimum absolute atomic E-state index is 0.0903. The quantitative estimate of drug-likeness (QED) is 0.638. The molecule has 0 bridgehead atoms. The Balaban J connectivity index is 1.49. The molecule has 6 nitrogen and oxygen atoms in total. The molecule has 4 rings (SSSR count). The second-order valence-electron chi connectivity index (χ2n) is 7.57. The van der Waals surface area contributed by atoms with Gasteiger partial charge in [-0.2, -0.15) is 5.10 Å². The maximum absolute atomic E-state index is 13.0. The number of nitrogens with zero attached hydrogens (tertiary/aromatic N) is 4. The number of rotatable bonds is 7. The molecule has 0 saturated heterocycles. The standard InChI is InChI=1S/C21H24N4O2/c1-15(2)10-17-11-20(27-23-17)21(26)24(18-8-9-18)13-16-12-22-25(14-16)19-6-4-3-5-7-19/h3-7,11-12,14-15,18H,8-10,13H2,1-2H3. The van der Waals surface area contributed by atoms with E-state index in [0.717, 1.165) is 36.2 Å². The largest absolute Gasteiger partial charge is 0.351 e. The second-order valence-corrected chi connectivity index (χ2v) is 7.57. The van der Waals surface area contributed by atoms with Gasteiger partial charge in [0.15, 0.2) is 0 Å². The number of benzene rings is 1. The summed E-state index contributed by atoms with van der Waals surface area (Å²) >= 11 is 0. The lowest BCUT2D eigenvalue weighted by atomic mass is 10.1.